The number of nitrogens with one attached hydrogen (secondary N) is 1. The molecule has 1 aromatic carbocycles. The summed E-state index contributed by atoms with van der Waals surface area (Å²) in [5, 5.41) is 2.87. The van der Waals surface area contributed by atoms with Crippen LogP contribution in [0.3, 0.4) is 0 Å². The number of benzene rings is 1. The Morgan fingerprint density at radius 3 is 2.95 bits per heavy atom. The van der Waals surface area contributed by atoms with E-state index < -0.39 is 0 Å². The highest BCUT2D eigenvalue weighted by Crippen LogP contribution is 2.33. The number of ether oxygens (including phenoxy) is 1. The normalized spacial score (nSPS) is 16.8. The number of rotatable bonds is 1. The number of pyridine rings is 1. The third-order valence-corrected chi connectivity index (χ3v) is 4.42. The van der Waals surface area contributed by atoms with E-state index in [-0.39, 0.29) is 5.91 Å². The number of nitrogens with zero attached hydrogens (tertiary/aromatic N) is 1. The van der Waals surface area contributed by atoms with Crippen molar-refractivity contribution < 1.29 is 9.53 Å². The molecule has 1 amide bonds. The van der Waals surface area contributed by atoms with E-state index in [0.29, 0.717) is 24.5 Å². The topological polar surface area (TPSA) is 51.2 Å². The molecule has 1 aliphatic heterocycles. The Balaban J connectivity index is 1.83. The van der Waals surface area contributed by atoms with Crippen LogP contribution in [0.2, 0.25) is 0 Å². The molecule has 0 saturated heterocycles. The fraction of sp³-hybridized carbons (Fsp3) is 0.333. The SMILES string of the molecule is O=C1NCCOc2ccc(-c3ccnc4c3CCCC4)cc21. The van der Waals surface area contributed by atoms with Crippen molar-refractivity contribution in [3.8, 4) is 16.9 Å². The highest BCUT2D eigenvalue weighted by Gasteiger charge is 2.19. The van der Waals surface area contributed by atoms with Crippen LogP contribution in [0.25, 0.3) is 11.1 Å². The highest BCUT2D eigenvalue weighted by atomic mass is 16.5. The van der Waals surface area contributed by atoms with Gasteiger partial charge in [0, 0.05) is 11.9 Å². The molecule has 1 aromatic heterocycles. The summed E-state index contributed by atoms with van der Waals surface area (Å²) in [5.74, 6) is 0.610. The summed E-state index contributed by atoms with van der Waals surface area (Å²) in [4.78, 5) is 16.7. The predicted octanol–water partition coefficient (Wildman–Crippen LogP) is 2.75. The molecule has 4 heteroatoms. The standard InChI is InChI=1S/C18H18N2O2/c21-18-15-11-12(5-6-17(15)22-10-9-20-18)13-7-8-19-16-4-2-1-3-14(13)16/h5-8,11H,1-4,9-10H2,(H,20,21). The lowest BCUT2D eigenvalue weighted by Gasteiger charge is -2.19. The second-order valence-corrected chi connectivity index (χ2v) is 5.81. The van der Waals surface area contributed by atoms with Crippen LogP contribution >= 0.6 is 0 Å². The van der Waals surface area contributed by atoms with Crippen molar-refractivity contribution in [1.29, 1.82) is 0 Å². The third-order valence-electron chi connectivity index (χ3n) is 4.42. The molecule has 1 N–H and O–H groups in total. The van der Waals surface area contributed by atoms with Gasteiger partial charge in [-0.3, -0.25) is 9.78 Å². The summed E-state index contributed by atoms with van der Waals surface area (Å²) in [6.07, 6.45) is 6.42. The van der Waals surface area contributed by atoms with E-state index in [9.17, 15) is 4.79 Å². The molecule has 4 nitrogen and oxygen atoms in total. The lowest BCUT2D eigenvalue weighted by atomic mass is 9.89. The van der Waals surface area contributed by atoms with E-state index in [0.717, 1.165) is 18.4 Å². The fourth-order valence-electron chi connectivity index (χ4n) is 3.32. The van der Waals surface area contributed by atoms with Crippen molar-refractivity contribution in [3.05, 3.63) is 47.3 Å². The van der Waals surface area contributed by atoms with E-state index in [1.54, 1.807) is 0 Å². The van der Waals surface area contributed by atoms with Gasteiger partial charge in [0.25, 0.3) is 5.91 Å². The summed E-state index contributed by atoms with van der Waals surface area (Å²) in [5.41, 5.74) is 5.43. The monoisotopic (exact) mass is 294 g/mol. The Morgan fingerprint density at radius 1 is 1.09 bits per heavy atom. The number of aryl methyl sites for hydroxylation is 1. The van der Waals surface area contributed by atoms with Gasteiger partial charge in [0.05, 0.1) is 12.1 Å². The molecule has 112 valence electrons. The van der Waals surface area contributed by atoms with Crippen molar-refractivity contribution in [2.24, 2.45) is 0 Å². The van der Waals surface area contributed by atoms with Gasteiger partial charge in [-0.15, -0.1) is 0 Å². The maximum absolute atomic E-state index is 12.2. The Bertz CT molecular complexity index is 740. The average molecular weight is 294 g/mol. The van der Waals surface area contributed by atoms with Gasteiger partial charge in [-0.25, -0.2) is 0 Å². The molecular weight excluding hydrogens is 276 g/mol. The molecule has 0 unspecified atom stereocenters. The molecule has 22 heavy (non-hydrogen) atoms. The summed E-state index contributed by atoms with van der Waals surface area (Å²) >= 11 is 0. The summed E-state index contributed by atoms with van der Waals surface area (Å²) < 4.78 is 5.63. The van der Waals surface area contributed by atoms with Gasteiger partial charge < -0.3 is 10.1 Å². The number of hydrogen-bond donors (Lipinski definition) is 1. The Kier molecular flexibility index (Phi) is 3.29. The quantitative estimate of drug-likeness (QED) is 0.880. The second-order valence-electron chi connectivity index (χ2n) is 5.81. The van der Waals surface area contributed by atoms with Crippen molar-refractivity contribution in [2.45, 2.75) is 25.7 Å². The number of carbonyl (C=O) groups is 1. The third kappa shape index (κ3) is 2.25. The molecule has 0 atom stereocenters. The van der Waals surface area contributed by atoms with E-state index in [1.165, 1.54) is 29.7 Å². The maximum atomic E-state index is 12.2. The minimum absolute atomic E-state index is 0.0581. The molecule has 0 spiro atoms. The minimum Gasteiger partial charge on any atom is -0.491 e. The van der Waals surface area contributed by atoms with E-state index in [2.05, 4.69) is 16.4 Å². The number of hydrogen-bond acceptors (Lipinski definition) is 3. The zero-order valence-electron chi connectivity index (χ0n) is 12.4. The zero-order chi connectivity index (χ0) is 14.9. The zero-order valence-corrected chi connectivity index (χ0v) is 12.4. The number of fused-ring (bicyclic) bond motifs is 2. The number of carbonyl (C=O) groups excluding carboxylic acids is 1. The van der Waals surface area contributed by atoms with Crippen LogP contribution in [0.5, 0.6) is 5.75 Å². The van der Waals surface area contributed by atoms with Gasteiger partial charge in [0.2, 0.25) is 0 Å². The van der Waals surface area contributed by atoms with Crippen LogP contribution in [0, 0.1) is 0 Å². The van der Waals surface area contributed by atoms with Crippen molar-refractivity contribution in [1.82, 2.24) is 10.3 Å². The molecule has 2 aromatic rings. The molecule has 0 fully saturated rings. The van der Waals surface area contributed by atoms with Gasteiger partial charge in [-0.2, -0.15) is 0 Å². The first-order valence-corrected chi connectivity index (χ1v) is 7.85. The Labute approximate surface area is 129 Å². The molecule has 0 bridgehead atoms. The van der Waals surface area contributed by atoms with E-state index >= 15 is 0 Å². The first-order valence-electron chi connectivity index (χ1n) is 7.85. The lowest BCUT2D eigenvalue weighted by Crippen LogP contribution is -2.24. The van der Waals surface area contributed by atoms with Gasteiger partial charge in [-0.1, -0.05) is 6.07 Å². The molecule has 2 aliphatic rings. The fourth-order valence-corrected chi connectivity index (χ4v) is 3.32. The summed E-state index contributed by atoms with van der Waals surface area (Å²) in [6, 6.07) is 7.95. The van der Waals surface area contributed by atoms with Gasteiger partial charge in [0.1, 0.15) is 12.4 Å². The van der Waals surface area contributed by atoms with Crippen LogP contribution in [-0.2, 0) is 12.8 Å². The van der Waals surface area contributed by atoms with Crippen molar-refractivity contribution >= 4 is 5.91 Å². The molecule has 0 saturated carbocycles. The summed E-state index contributed by atoms with van der Waals surface area (Å²) in [7, 11) is 0. The lowest BCUT2D eigenvalue weighted by molar-refractivity contribution is 0.0957. The van der Waals surface area contributed by atoms with E-state index in [4.69, 9.17) is 4.74 Å². The van der Waals surface area contributed by atoms with Gasteiger partial charge >= 0.3 is 0 Å². The average Bonchev–Trinajstić information content (AvgIpc) is 2.76. The first kappa shape index (κ1) is 13.3. The maximum Gasteiger partial charge on any atom is 0.255 e. The Morgan fingerprint density at radius 2 is 2.00 bits per heavy atom. The van der Waals surface area contributed by atoms with Crippen LogP contribution < -0.4 is 10.1 Å². The van der Waals surface area contributed by atoms with Crippen LogP contribution in [0.1, 0.15) is 34.5 Å². The van der Waals surface area contributed by atoms with Gasteiger partial charge in [0.15, 0.2) is 0 Å². The van der Waals surface area contributed by atoms with Crippen LogP contribution in [0.4, 0.5) is 0 Å². The molecule has 0 radical (unpaired) electrons. The molecular formula is C18H18N2O2. The molecule has 4 rings (SSSR count). The van der Waals surface area contributed by atoms with Crippen LogP contribution in [0.15, 0.2) is 30.5 Å². The van der Waals surface area contributed by atoms with Crippen molar-refractivity contribution in [2.75, 3.05) is 13.2 Å². The number of aromatic nitrogens is 1. The summed E-state index contributed by atoms with van der Waals surface area (Å²) in [6.45, 7) is 1.07. The second kappa shape index (κ2) is 5.44. The van der Waals surface area contributed by atoms with Gasteiger partial charge in [-0.05, 0) is 60.6 Å². The number of amides is 1. The smallest absolute Gasteiger partial charge is 0.255 e. The first-order chi connectivity index (χ1) is 10.8. The minimum atomic E-state index is -0.0581. The molecule has 2 heterocycles. The van der Waals surface area contributed by atoms with E-state index in [1.807, 2.05) is 24.4 Å². The Hall–Kier alpha value is -2.36. The van der Waals surface area contributed by atoms with Crippen LogP contribution in [-0.4, -0.2) is 24.0 Å². The largest absolute Gasteiger partial charge is 0.491 e. The molecule has 1 aliphatic carbocycles. The van der Waals surface area contributed by atoms with Crippen molar-refractivity contribution in [3.63, 3.8) is 0 Å². The predicted molar refractivity (Wildman–Crippen MR) is 84.1 cm³/mol. The highest BCUT2D eigenvalue weighted by molar-refractivity contribution is 5.98.